The van der Waals surface area contributed by atoms with E-state index in [1.54, 1.807) is 0 Å². The molecule has 2 rings (SSSR count). The number of ether oxygens (including phenoxy) is 2. The van der Waals surface area contributed by atoms with E-state index in [2.05, 4.69) is 5.32 Å². The number of fused-ring (bicyclic) bond motifs is 1. The van der Waals surface area contributed by atoms with Gasteiger partial charge in [0.1, 0.15) is 0 Å². The summed E-state index contributed by atoms with van der Waals surface area (Å²) in [7, 11) is 0. The van der Waals surface area contributed by atoms with E-state index in [4.69, 9.17) is 19.7 Å². The zero-order valence-electron chi connectivity index (χ0n) is 8.85. The fourth-order valence-electron chi connectivity index (χ4n) is 1.57. The first-order valence-electron chi connectivity index (χ1n) is 5.18. The maximum Gasteiger partial charge on any atom is 0.231 e. The molecule has 1 aliphatic rings. The van der Waals surface area contributed by atoms with E-state index < -0.39 is 6.10 Å². The van der Waals surface area contributed by atoms with Gasteiger partial charge in [0, 0.05) is 18.7 Å². The van der Waals surface area contributed by atoms with Crippen molar-refractivity contribution in [2.45, 2.75) is 12.6 Å². The van der Waals surface area contributed by atoms with Crippen molar-refractivity contribution in [1.29, 1.82) is 0 Å². The van der Waals surface area contributed by atoms with Gasteiger partial charge in [0.2, 0.25) is 6.79 Å². The third-order valence-corrected chi connectivity index (χ3v) is 2.38. The highest BCUT2D eigenvalue weighted by molar-refractivity contribution is 5.48. The van der Waals surface area contributed by atoms with Crippen LogP contribution in [0.25, 0.3) is 0 Å². The Morgan fingerprint density at radius 1 is 1.38 bits per heavy atom. The topological polar surface area (TPSA) is 71.0 Å². The lowest BCUT2D eigenvalue weighted by Gasteiger charge is -2.10. The average Bonchev–Trinajstić information content (AvgIpc) is 2.77. The summed E-state index contributed by atoms with van der Waals surface area (Å²) in [6, 6.07) is 5.69. The van der Waals surface area contributed by atoms with E-state index in [-0.39, 0.29) is 13.4 Å². The van der Waals surface area contributed by atoms with E-state index in [0.717, 1.165) is 17.1 Å². The van der Waals surface area contributed by atoms with Gasteiger partial charge >= 0.3 is 0 Å². The van der Waals surface area contributed by atoms with Gasteiger partial charge < -0.3 is 25.0 Å². The van der Waals surface area contributed by atoms with Gasteiger partial charge in [-0.1, -0.05) is 12.1 Å². The van der Waals surface area contributed by atoms with Gasteiger partial charge in [-0.05, 0) is 6.07 Å². The highest BCUT2D eigenvalue weighted by Crippen LogP contribution is 2.35. The second kappa shape index (κ2) is 5.16. The number of hydrogen-bond donors (Lipinski definition) is 3. The molecular formula is C11H15NO4. The average molecular weight is 225 g/mol. The molecule has 1 aromatic carbocycles. The van der Waals surface area contributed by atoms with Crippen molar-refractivity contribution in [3.8, 4) is 11.5 Å². The molecule has 0 saturated heterocycles. The van der Waals surface area contributed by atoms with E-state index in [1.807, 2.05) is 18.2 Å². The number of aliphatic hydroxyl groups excluding tert-OH is 2. The predicted octanol–water partition coefficient (Wildman–Crippen LogP) is -0.142. The van der Waals surface area contributed by atoms with E-state index in [1.165, 1.54) is 0 Å². The Labute approximate surface area is 93.6 Å². The SMILES string of the molecule is OCC(O)CNCc1cccc2c1OCO2. The van der Waals surface area contributed by atoms with Crippen molar-refractivity contribution < 1.29 is 19.7 Å². The Hall–Kier alpha value is -1.30. The van der Waals surface area contributed by atoms with Gasteiger partial charge in [-0.15, -0.1) is 0 Å². The third kappa shape index (κ3) is 2.44. The standard InChI is InChI=1S/C11H15NO4/c13-6-9(14)5-12-4-8-2-1-3-10-11(8)16-7-15-10/h1-3,9,12-14H,4-7H2. The molecule has 0 aliphatic carbocycles. The fraction of sp³-hybridized carbons (Fsp3) is 0.455. The van der Waals surface area contributed by atoms with Gasteiger partial charge in [-0.3, -0.25) is 0 Å². The molecule has 0 radical (unpaired) electrons. The zero-order chi connectivity index (χ0) is 11.4. The molecule has 0 spiro atoms. The van der Waals surface area contributed by atoms with Crippen molar-refractivity contribution in [2.75, 3.05) is 19.9 Å². The molecule has 0 bridgehead atoms. The molecule has 3 N–H and O–H groups in total. The molecule has 1 aliphatic heterocycles. The molecule has 0 amide bonds. The Kier molecular flexibility index (Phi) is 3.61. The first-order chi connectivity index (χ1) is 7.81. The van der Waals surface area contributed by atoms with Crippen LogP contribution in [-0.2, 0) is 6.54 Å². The minimum absolute atomic E-state index is 0.237. The predicted molar refractivity (Wildman–Crippen MR) is 57.4 cm³/mol. The maximum atomic E-state index is 9.16. The van der Waals surface area contributed by atoms with Crippen LogP contribution >= 0.6 is 0 Å². The number of aliphatic hydroxyl groups is 2. The molecule has 0 aromatic heterocycles. The summed E-state index contributed by atoms with van der Waals surface area (Å²) >= 11 is 0. The Bertz CT molecular complexity index is 356. The van der Waals surface area contributed by atoms with Gasteiger partial charge in [0.15, 0.2) is 11.5 Å². The molecule has 5 heteroatoms. The molecule has 1 heterocycles. The highest BCUT2D eigenvalue weighted by Gasteiger charge is 2.16. The summed E-state index contributed by atoms with van der Waals surface area (Å²) in [5, 5.41) is 20.8. The molecular weight excluding hydrogens is 210 g/mol. The van der Waals surface area contributed by atoms with E-state index in [9.17, 15) is 0 Å². The summed E-state index contributed by atoms with van der Waals surface area (Å²) in [6.45, 7) is 0.940. The van der Waals surface area contributed by atoms with Crippen molar-refractivity contribution in [3.05, 3.63) is 23.8 Å². The minimum atomic E-state index is -0.728. The summed E-state index contributed by atoms with van der Waals surface area (Å²) in [6.07, 6.45) is -0.728. The number of nitrogens with one attached hydrogen (secondary N) is 1. The lowest BCUT2D eigenvalue weighted by Crippen LogP contribution is -2.28. The maximum absolute atomic E-state index is 9.16. The van der Waals surface area contributed by atoms with Crippen LogP contribution in [0.15, 0.2) is 18.2 Å². The number of hydrogen-bond acceptors (Lipinski definition) is 5. The summed E-state index contributed by atoms with van der Waals surface area (Å²) in [5.74, 6) is 1.51. The van der Waals surface area contributed by atoms with Gasteiger partial charge in [0.05, 0.1) is 12.7 Å². The smallest absolute Gasteiger partial charge is 0.231 e. The van der Waals surface area contributed by atoms with Crippen LogP contribution in [0.4, 0.5) is 0 Å². The van der Waals surface area contributed by atoms with Crippen molar-refractivity contribution in [2.24, 2.45) is 0 Å². The number of rotatable bonds is 5. The Morgan fingerprint density at radius 2 is 2.25 bits per heavy atom. The van der Waals surface area contributed by atoms with Crippen LogP contribution in [0.5, 0.6) is 11.5 Å². The first-order valence-corrected chi connectivity index (χ1v) is 5.18. The monoisotopic (exact) mass is 225 g/mol. The summed E-state index contributed by atoms with van der Waals surface area (Å²) < 4.78 is 10.6. The largest absolute Gasteiger partial charge is 0.454 e. The molecule has 1 atom stereocenters. The molecule has 0 fully saturated rings. The van der Waals surface area contributed by atoms with Crippen LogP contribution in [0, 0.1) is 0 Å². The molecule has 5 nitrogen and oxygen atoms in total. The van der Waals surface area contributed by atoms with Crippen LogP contribution in [0.3, 0.4) is 0 Å². The van der Waals surface area contributed by atoms with Crippen molar-refractivity contribution in [3.63, 3.8) is 0 Å². The highest BCUT2D eigenvalue weighted by atomic mass is 16.7. The lowest BCUT2D eigenvalue weighted by atomic mass is 10.2. The molecule has 88 valence electrons. The van der Waals surface area contributed by atoms with Crippen molar-refractivity contribution >= 4 is 0 Å². The van der Waals surface area contributed by atoms with Crippen LogP contribution < -0.4 is 14.8 Å². The van der Waals surface area contributed by atoms with Crippen LogP contribution in [0.1, 0.15) is 5.56 Å². The van der Waals surface area contributed by atoms with E-state index >= 15 is 0 Å². The molecule has 16 heavy (non-hydrogen) atoms. The fourth-order valence-corrected chi connectivity index (χ4v) is 1.57. The Balaban J connectivity index is 1.92. The van der Waals surface area contributed by atoms with Gasteiger partial charge in [-0.25, -0.2) is 0 Å². The first kappa shape index (κ1) is 11.2. The van der Waals surface area contributed by atoms with Crippen LogP contribution in [-0.4, -0.2) is 36.3 Å². The second-order valence-electron chi connectivity index (χ2n) is 3.62. The second-order valence-corrected chi connectivity index (χ2v) is 3.62. The summed E-state index contributed by atoms with van der Waals surface area (Å²) in [5.41, 5.74) is 0.986. The lowest BCUT2D eigenvalue weighted by molar-refractivity contribution is 0.0941. The van der Waals surface area contributed by atoms with Gasteiger partial charge in [0.25, 0.3) is 0 Å². The Morgan fingerprint density at radius 3 is 3.06 bits per heavy atom. The number of benzene rings is 1. The van der Waals surface area contributed by atoms with Gasteiger partial charge in [-0.2, -0.15) is 0 Å². The normalized spacial score (nSPS) is 15.1. The minimum Gasteiger partial charge on any atom is -0.454 e. The third-order valence-electron chi connectivity index (χ3n) is 2.38. The zero-order valence-corrected chi connectivity index (χ0v) is 8.85. The summed E-state index contributed by atoms with van der Waals surface area (Å²) in [4.78, 5) is 0. The number of para-hydroxylation sites is 1. The van der Waals surface area contributed by atoms with E-state index in [0.29, 0.717) is 13.1 Å². The van der Waals surface area contributed by atoms with Crippen molar-refractivity contribution in [1.82, 2.24) is 5.32 Å². The quantitative estimate of drug-likeness (QED) is 0.650. The molecule has 0 saturated carbocycles. The molecule has 1 aromatic rings. The van der Waals surface area contributed by atoms with Crippen LogP contribution in [0.2, 0.25) is 0 Å². The molecule has 1 unspecified atom stereocenters.